The van der Waals surface area contributed by atoms with Crippen LogP contribution in [0.1, 0.15) is 33.5 Å². The van der Waals surface area contributed by atoms with Gasteiger partial charge >= 0.3 is 0 Å². The molecule has 1 aromatic rings. The van der Waals surface area contributed by atoms with Crippen LogP contribution in [0.5, 0.6) is 0 Å². The Morgan fingerprint density at radius 1 is 1.47 bits per heavy atom. The zero-order chi connectivity index (χ0) is 11.5. The minimum atomic E-state index is -0.179. The Bertz CT molecular complexity index is 305. The Balaban J connectivity index is 2.73. The summed E-state index contributed by atoms with van der Waals surface area (Å²) in [5.41, 5.74) is -0.179. The molecule has 1 heterocycles. The number of nitrogens with zero attached hydrogens (tertiary/aromatic N) is 3. The van der Waals surface area contributed by atoms with Gasteiger partial charge in [-0.2, -0.15) is 0 Å². The van der Waals surface area contributed by atoms with Crippen LogP contribution in [0, 0.1) is 5.92 Å². The second-order valence-corrected chi connectivity index (χ2v) is 4.93. The number of methoxy groups -OCH3 is 1. The van der Waals surface area contributed by atoms with Crippen molar-refractivity contribution in [1.29, 1.82) is 0 Å². The Hall–Kier alpha value is -0.900. The minimum absolute atomic E-state index is 0.179. The second-order valence-electron chi connectivity index (χ2n) is 4.93. The molecular weight excluding hydrogens is 190 g/mol. The van der Waals surface area contributed by atoms with Crippen LogP contribution in [0.25, 0.3) is 0 Å². The van der Waals surface area contributed by atoms with E-state index in [9.17, 15) is 0 Å². The first-order valence-electron chi connectivity index (χ1n) is 5.36. The molecular formula is C11H21N3O. The van der Waals surface area contributed by atoms with Gasteiger partial charge in [-0.3, -0.25) is 0 Å². The molecule has 0 saturated heterocycles. The summed E-state index contributed by atoms with van der Waals surface area (Å²) in [7, 11) is 1.73. The predicted octanol–water partition coefficient (Wildman–Crippen LogP) is 1.90. The molecule has 1 rings (SSSR count). The first-order valence-corrected chi connectivity index (χ1v) is 5.36. The summed E-state index contributed by atoms with van der Waals surface area (Å²) in [6.07, 6.45) is 2.58. The highest BCUT2D eigenvalue weighted by molar-refractivity contribution is 4.92. The molecule has 0 aliphatic heterocycles. The molecule has 0 atom stereocenters. The van der Waals surface area contributed by atoms with Crippen molar-refractivity contribution < 1.29 is 4.74 Å². The van der Waals surface area contributed by atoms with Crippen molar-refractivity contribution in [2.45, 2.75) is 46.3 Å². The molecule has 0 radical (unpaired) electrons. The first-order chi connectivity index (χ1) is 6.94. The van der Waals surface area contributed by atoms with Crippen LogP contribution < -0.4 is 0 Å². The topological polar surface area (TPSA) is 39.9 Å². The summed E-state index contributed by atoms with van der Waals surface area (Å²) in [5.74, 6) is 1.60. The van der Waals surface area contributed by atoms with E-state index in [1.54, 1.807) is 13.4 Å². The highest BCUT2D eigenvalue weighted by Crippen LogP contribution is 2.15. The van der Waals surface area contributed by atoms with E-state index in [1.165, 1.54) is 0 Å². The van der Waals surface area contributed by atoms with E-state index in [0.717, 1.165) is 18.8 Å². The van der Waals surface area contributed by atoms with Gasteiger partial charge in [-0.05, 0) is 19.8 Å². The number of hydrogen-bond donors (Lipinski definition) is 0. The van der Waals surface area contributed by atoms with Crippen LogP contribution in [0.2, 0.25) is 0 Å². The number of rotatable bonds is 5. The van der Waals surface area contributed by atoms with Crippen LogP contribution >= 0.6 is 0 Å². The van der Waals surface area contributed by atoms with E-state index < -0.39 is 0 Å². The quantitative estimate of drug-likeness (QED) is 0.747. The highest BCUT2D eigenvalue weighted by Gasteiger charge is 2.20. The molecule has 4 heteroatoms. The van der Waals surface area contributed by atoms with E-state index in [1.807, 2.05) is 0 Å². The van der Waals surface area contributed by atoms with Crippen LogP contribution in [-0.4, -0.2) is 27.5 Å². The zero-order valence-corrected chi connectivity index (χ0v) is 10.3. The van der Waals surface area contributed by atoms with Crippen molar-refractivity contribution in [3.8, 4) is 0 Å². The Morgan fingerprint density at radius 2 is 2.13 bits per heavy atom. The molecule has 0 bridgehead atoms. The highest BCUT2D eigenvalue weighted by atomic mass is 16.5. The smallest absolute Gasteiger partial charge is 0.135 e. The average Bonchev–Trinajstić information content (AvgIpc) is 2.51. The fraction of sp³-hybridized carbons (Fsp3) is 0.818. The third-order valence-corrected chi connectivity index (χ3v) is 2.39. The van der Waals surface area contributed by atoms with Gasteiger partial charge in [-0.15, -0.1) is 10.2 Å². The lowest BCUT2D eigenvalue weighted by Crippen LogP contribution is -2.27. The Labute approximate surface area is 91.7 Å². The Kier molecular flexibility index (Phi) is 3.85. The second kappa shape index (κ2) is 4.75. The summed E-state index contributed by atoms with van der Waals surface area (Å²) in [5, 5.41) is 8.09. The summed E-state index contributed by atoms with van der Waals surface area (Å²) < 4.78 is 7.49. The van der Waals surface area contributed by atoms with Gasteiger partial charge in [0.15, 0.2) is 0 Å². The minimum Gasteiger partial charge on any atom is -0.378 e. The molecule has 0 fully saturated rings. The van der Waals surface area contributed by atoms with Gasteiger partial charge < -0.3 is 9.30 Å². The van der Waals surface area contributed by atoms with Gasteiger partial charge in [0.1, 0.15) is 12.2 Å². The van der Waals surface area contributed by atoms with E-state index in [-0.39, 0.29) is 5.60 Å². The molecule has 86 valence electrons. The molecule has 0 aliphatic carbocycles. The standard InChI is InChI=1S/C11H21N3O/c1-9(2)7-14-8-12-13-10(14)6-11(3,4)15-5/h8-9H,6-7H2,1-5H3. The molecule has 0 amide bonds. The number of aromatic nitrogens is 3. The molecule has 0 spiro atoms. The largest absolute Gasteiger partial charge is 0.378 e. The lowest BCUT2D eigenvalue weighted by atomic mass is 10.0. The maximum absolute atomic E-state index is 5.39. The van der Waals surface area contributed by atoms with Crippen molar-refractivity contribution >= 4 is 0 Å². The third kappa shape index (κ3) is 3.63. The summed E-state index contributed by atoms with van der Waals surface area (Å²) in [6.45, 7) is 9.45. The number of hydrogen-bond acceptors (Lipinski definition) is 3. The van der Waals surface area contributed by atoms with Crippen molar-refractivity contribution in [3.63, 3.8) is 0 Å². The normalized spacial score (nSPS) is 12.4. The van der Waals surface area contributed by atoms with Gasteiger partial charge in [0, 0.05) is 20.1 Å². The molecule has 0 N–H and O–H groups in total. The molecule has 0 unspecified atom stereocenters. The Morgan fingerprint density at radius 3 is 2.67 bits per heavy atom. The van der Waals surface area contributed by atoms with Crippen LogP contribution in [0.15, 0.2) is 6.33 Å². The maximum atomic E-state index is 5.39. The van der Waals surface area contributed by atoms with Crippen molar-refractivity contribution in [2.75, 3.05) is 7.11 Å². The summed E-state index contributed by atoms with van der Waals surface area (Å²) in [4.78, 5) is 0. The van der Waals surface area contributed by atoms with Gasteiger partial charge in [0.05, 0.1) is 5.60 Å². The predicted molar refractivity (Wildman–Crippen MR) is 59.7 cm³/mol. The molecule has 15 heavy (non-hydrogen) atoms. The fourth-order valence-electron chi connectivity index (χ4n) is 1.41. The van der Waals surface area contributed by atoms with Crippen LogP contribution in [0.3, 0.4) is 0 Å². The molecule has 0 aliphatic rings. The molecule has 1 aromatic heterocycles. The van der Waals surface area contributed by atoms with Crippen LogP contribution in [0.4, 0.5) is 0 Å². The maximum Gasteiger partial charge on any atom is 0.135 e. The summed E-state index contributed by atoms with van der Waals surface area (Å²) >= 11 is 0. The van der Waals surface area contributed by atoms with Gasteiger partial charge in [-0.1, -0.05) is 13.8 Å². The number of ether oxygens (including phenoxy) is 1. The van der Waals surface area contributed by atoms with E-state index in [2.05, 4.69) is 42.5 Å². The first kappa shape index (κ1) is 12.2. The monoisotopic (exact) mass is 211 g/mol. The van der Waals surface area contributed by atoms with E-state index in [0.29, 0.717) is 5.92 Å². The van der Waals surface area contributed by atoms with E-state index in [4.69, 9.17) is 4.74 Å². The van der Waals surface area contributed by atoms with Gasteiger partial charge in [0.25, 0.3) is 0 Å². The molecule has 4 nitrogen and oxygen atoms in total. The molecule has 0 aromatic carbocycles. The third-order valence-electron chi connectivity index (χ3n) is 2.39. The van der Waals surface area contributed by atoms with Crippen molar-refractivity contribution in [3.05, 3.63) is 12.2 Å². The van der Waals surface area contributed by atoms with Crippen molar-refractivity contribution in [1.82, 2.24) is 14.8 Å². The summed E-state index contributed by atoms with van der Waals surface area (Å²) in [6, 6.07) is 0. The van der Waals surface area contributed by atoms with Crippen LogP contribution in [-0.2, 0) is 17.7 Å². The van der Waals surface area contributed by atoms with Gasteiger partial charge in [0.2, 0.25) is 0 Å². The average molecular weight is 211 g/mol. The molecule has 0 saturated carbocycles. The zero-order valence-electron chi connectivity index (χ0n) is 10.3. The van der Waals surface area contributed by atoms with E-state index >= 15 is 0 Å². The fourth-order valence-corrected chi connectivity index (χ4v) is 1.41. The van der Waals surface area contributed by atoms with Crippen molar-refractivity contribution in [2.24, 2.45) is 5.92 Å². The SMILES string of the molecule is COC(C)(C)Cc1nncn1CC(C)C. The van der Waals surface area contributed by atoms with Gasteiger partial charge in [-0.25, -0.2) is 0 Å². The lowest BCUT2D eigenvalue weighted by Gasteiger charge is -2.22. The lowest BCUT2D eigenvalue weighted by molar-refractivity contribution is 0.0207.